The summed E-state index contributed by atoms with van der Waals surface area (Å²) < 4.78 is 0. The number of carbonyl (C=O) groups excluding carboxylic acids is 1. The first-order valence-corrected chi connectivity index (χ1v) is 4.72. The van der Waals surface area contributed by atoms with E-state index in [1.807, 2.05) is 6.07 Å². The number of nitriles is 1. The summed E-state index contributed by atoms with van der Waals surface area (Å²) in [7, 11) is 0. The highest BCUT2D eigenvalue weighted by molar-refractivity contribution is 6.08. The lowest BCUT2D eigenvalue weighted by molar-refractivity contribution is -0.111. The van der Waals surface area contributed by atoms with Gasteiger partial charge in [-0.3, -0.25) is 4.79 Å². The quantitative estimate of drug-likeness (QED) is 0.689. The fourth-order valence-electron chi connectivity index (χ4n) is 1.49. The monoisotopic (exact) mass is 200 g/mol. The molecule has 0 fully saturated rings. The van der Waals surface area contributed by atoms with Crippen LogP contribution in [0.15, 0.2) is 23.8 Å². The Bertz CT molecular complexity index is 406. The molecule has 0 radical (unpaired) electrons. The number of hydrogen-bond acceptors (Lipinski definition) is 3. The zero-order valence-corrected chi connectivity index (χ0v) is 8.36. The number of ketones is 1. The van der Waals surface area contributed by atoms with Crippen LogP contribution in [0.5, 0.6) is 0 Å². The average molecular weight is 200 g/mol. The number of hydrogen-bond donors (Lipinski definition) is 1. The highest BCUT2D eigenvalue weighted by atomic mass is 16.1. The Morgan fingerprint density at radius 3 is 2.87 bits per heavy atom. The summed E-state index contributed by atoms with van der Waals surface area (Å²) in [5.41, 5.74) is 4.91. The van der Waals surface area contributed by atoms with Gasteiger partial charge in [0, 0.05) is 0 Å². The molecule has 1 atom stereocenters. The Hall–Kier alpha value is -1.84. The van der Waals surface area contributed by atoms with E-state index in [0.29, 0.717) is 13.0 Å². The lowest BCUT2D eigenvalue weighted by Gasteiger charge is -2.23. The molecule has 2 N–H and O–H groups in total. The maximum atomic E-state index is 11.2. The van der Waals surface area contributed by atoms with Crippen LogP contribution in [0.25, 0.3) is 0 Å². The first-order chi connectivity index (χ1) is 7.17. The summed E-state index contributed by atoms with van der Waals surface area (Å²) in [6.45, 7) is 0.543. The molecule has 3 nitrogen and oxygen atoms in total. The van der Waals surface area contributed by atoms with E-state index in [1.165, 1.54) is 6.08 Å². The van der Waals surface area contributed by atoms with Gasteiger partial charge in [0.1, 0.15) is 6.07 Å². The average Bonchev–Trinajstić information content (AvgIpc) is 2.28. The molecule has 0 heterocycles. The second-order valence-corrected chi connectivity index (χ2v) is 3.44. The van der Waals surface area contributed by atoms with E-state index in [2.05, 4.69) is 5.92 Å². The van der Waals surface area contributed by atoms with Crippen LogP contribution in [-0.2, 0) is 4.79 Å². The van der Waals surface area contributed by atoms with Gasteiger partial charge in [0.25, 0.3) is 0 Å². The molecular weight excluding hydrogens is 188 g/mol. The summed E-state index contributed by atoms with van der Waals surface area (Å²) in [6, 6.07) is 1.85. The molecule has 1 unspecified atom stereocenters. The third-order valence-corrected chi connectivity index (χ3v) is 2.38. The summed E-state index contributed by atoms with van der Waals surface area (Å²) in [5.74, 6) is 2.33. The molecule has 3 heteroatoms. The number of nitrogens with two attached hydrogens (primary N) is 1. The van der Waals surface area contributed by atoms with Crippen molar-refractivity contribution < 1.29 is 4.79 Å². The van der Waals surface area contributed by atoms with Crippen molar-refractivity contribution in [3.8, 4) is 18.4 Å². The van der Waals surface area contributed by atoms with Crippen molar-refractivity contribution in [2.24, 2.45) is 11.1 Å². The topological polar surface area (TPSA) is 66.9 Å². The highest BCUT2D eigenvalue weighted by Crippen LogP contribution is 2.31. The summed E-state index contributed by atoms with van der Waals surface area (Å²) >= 11 is 0. The van der Waals surface area contributed by atoms with Crippen LogP contribution < -0.4 is 5.73 Å². The van der Waals surface area contributed by atoms with E-state index >= 15 is 0 Å². The molecule has 0 saturated carbocycles. The summed E-state index contributed by atoms with van der Waals surface area (Å²) in [4.78, 5) is 11.2. The van der Waals surface area contributed by atoms with Gasteiger partial charge in [-0.2, -0.15) is 5.26 Å². The van der Waals surface area contributed by atoms with Gasteiger partial charge >= 0.3 is 0 Å². The number of nitrogens with zero attached hydrogens (tertiary/aromatic N) is 1. The standard InChI is InChI=1S/C12H12N2O/c1-2-12(5-3-7-13)6-4-11(15)10(8-12)9-14/h1,4,6,8H,3,5,7,13H2. The summed E-state index contributed by atoms with van der Waals surface area (Å²) in [6.07, 6.45) is 11.5. The van der Waals surface area contributed by atoms with Crippen LogP contribution in [0, 0.1) is 29.1 Å². The van der Waals surface area contributed by atoms with Gasteiger partial charge in [0.2, 0.25) is 0 Å². The van der Waals surface area contributed by atoms with Crippen molar-refractivity contribution in [3.63, 3.8) is 0 Å². The first-order valence-electron chi connectivity index (χ1n) is 4.72. The number of allylic oxidation sites excluding steroid dienone is 4. The lowest BCUT2D eigenvalue weighted by atomic mass is 9.78. The maximum absolute atomic E-state index is 11.2. The fraction of sp³-hybridized carbons (Fsp3) is 0.333. The molecule has 0 saturated heterocycles. The number of terminal acetylenes is 1. The minimum absolute atomic E-state index is 0.118. The molecule has 0 aromatic carbocycles. The zero-order valence-electron chi connectivity index (χ0n) is 8.36. The van der Waals surface area contributed by atoms with Gasteiger partial charge in [-0.25, -0.2) is 0 Å². The normalized spacial score (nSPS) is 24.2. The third-order valence-electron chi connectivity index (χ3n) is 2.38. The molecule has 0 aromatic heterocycles. The Labute approximate surface area is 89.3 Å². The molecule has 0 aromatic rings. The molecular formula is C12H12N2O. The van der Waals surface area contributed by atoms with Gasteiger partial charge in [0.05, 0.1) is 11.0 Å². The smallest absolute Gasteiger partial charge is 0.195 e. The van der Waals surface area contributed by atoms with E-state index in [-0.39, 0.29) is 11.4 Å². The van der Waals surface area contributed by atoms with Crippen molar-refractivity contribution in [3.05, 3.63) is 23.8 Å². The second-order valence-electron chi connectivity index (χ2n) is 3.44. The number of carbonyl (C=O) groups is 1. The predicted molar refractivity (Wildman–Crippen MR) is 57.4 cm³/mol. The zero-order chi connectivity index (χ0) is 11.3. The van der Waals surface area contributed by atoms with E-state index < -0.39 is 5.41 Å². The molecule has 15 heavy (non-hydrogen) atoms. The molecule has 76 valence electrons. The van der Waals surface area contributed by atoms with Crippen molar-refractivity contribution in [2.45, 2.75) is 12.8 Å². The maximum Gasteiger partial charge on any atom is 0.195 e. The lowest BCUT2D eigenvalue weighted by Crippen LogP contribution is -2.20. The molecule has 0 bridgehead atoms. The van der Waals surface area contributed by atoms with Crippen molar-refractivity contribution in [1.82, 2.24) is 0 Å². The van der Waals surface area contributed by atoms with Crippen LogP contribution in [0.4, 0.5) is 0 Å². The van der Waals surface area contributed by atoms with E-state index in [0.717, 1.165) is 6.42 Å². The largest absolute Gasteiger partial charge is 0.330 e. The Balaban J connectivity index is 2.99. The molecule has 0 amide bonds. The van der Waals surface area contributed by atoms with Crippen LogP contribution in [0.1, 0.15) is 12.8 Å². The van der Waals surface area contributed by atoms with Gasteiger partial charge < -0.3 is 5.73 Å². The van der Waals surface area contributed by atoms with Gasteiger partial charge in [-0.05, 0) is 31.5 Å². The minimum atomic E-state index is -0.613. The van der Waals surface area contributed by atoms with Crippen molar-refractivity contribution in [2.75, 3.05) is 6.54 Å². The fourth-order valence-corrected chi connectivity index (χ4v) is 1.49. The Kier molecular flexibility index (Phi) is 3.44. The van der Waals surface area contributed by atoms with Crippen LogP contribution in [0.3, 0.4) is 0 Å². The third kappa shape index (κ3) is 2.34. The highest BCUT2D eigenvalue weighted by Gasteiger charge is 2.27. The van der Waals surface area contributed by atoms with Crippen molar-refractivity contribution >= 4 is 5.78 Å². The van der Waals surface area contributed by atoms with Crippen LogP contribution in [-0.4, -0.2) is 12.3 Å². The number of rotatable bonds is 3. The van der Waals surface area contributed by atoms with E-state index in [4.69, 9.17) is 17.4 Å². The predicted octanol–water partition coefficient (Wildman–Crippen LogP) is 0.934. The molecule has 0 spiro atoms. The SMILES string of the molecule is C#CC1(CCCN)C=CC(=O)C(C#N)=C1. The van der Waals surface area contributed by atoms with Crippen molar-refractivity contribution in [1.29, 1.82) is 5.26 Å². The van der Waals surface area contributed by atoms with E-state index in [1.54, 1.807) is 12.2 Å². The Morgan fingerprint density at radius 1 is 1.60 bits per heavy atom. The van der Waals surface area contributed by atoms with E-state index in [9.17, 15) is 4.79 Å². The van der Waals surface area contributed by atoms with Gasteiger partial charge in [-0.1, -0.05) is 12.0 Å². The second kappa shape index (κ2) is 4.59. The molecule has 0 aliphatic heterocycles. The first kappa shape index (κ1) is 11.2. The van der Waals surface area contributed by atoms with Crippen LogP contribution >= 0.6 is 0 Å². The minimum Gasteiger partial charge on any atom is -0.330 e. The molecule has 1 rings (SSSR count). The summed E-state index contributed by atoms with van der Waals surface area (Å²) in [5, 5.41) is 8.75. The Morgan fingerprint density at radius 2 is 2.33 bits per heavy atom. The molecule has 1 aliphatic carbocycles. The van der Waals surface area contributed by atoms with Crippen LogP contribution in [0.2, 0.25) is 0 Å². The van der Waals surface area contributed by atoms with Gasteiger partial charge in [0.15, 0.2) is 5.78 Å². The molecule has 1 aliphatic rings. The van der Waals surface area contributed by atoms with Gasteiger partial charge in [-0.15, -0.1) is 6.42 Å².